The standard InChI is InChI=1S/C18H21N3O2S/c1-3-5-10-24(22)14-6-7-15(17(11-14)23-4-2)16-12-21-13-19-9-8-18(21)20-16/h6-9,11-13H,3-5,10H2,1-2H3. The molecule has 5 nitrogen and oxygen atoms in total. The summed E-state index contributed by atoms with van der Waals surface area (Å²) >= 11 is 0. The van der Waals surface area contributed by atoms with Crippen molar-refractivity contribution >= 4 is 16.4 Å². The Hall–Kier alpha value is -2.21. The first-order chi connectivity index (χ1) is 11.7. The fraction of sp³-hybridized carbons (Fsp3) is 0.333. The fourth-order valence-electron chi connectivity index (χ4n) is 2.50. The van der Waals surface area contributed by atoms with Crippen molar-refractivity contribution in [2.75, 3.05) is 12.4 Å². The van der Waals surface area contributed by atoms with E-state index in [0.717, 1.165) is 40.4 Å². The van der Waals surface area contributed by atoms with Crippen LogP contribution >= 0.6 is 0 Å². The molecular formula is C18H21N3O2S. The van der Waals surface area contributed by atoms with Crippen molar-refractivity contribution in [3.8, 4) is 17.0 Å². The molecule has 1 atom stereocenters. The largest absolute Gasteiger partial charge is 0.493 e. The smallest absolute Gasteiger partial charge is 0.140 e. The summed E-state index contributed by atoms with van der Waals surface area (Å²) in [7, 11) is -0.992. The van der Waals surface area contributed by atoms with Crippen LogP contribution in [0, 0.1) is 0 Å². The van der Waals surface area contributed by atoms with Crippen molar-refractivity contribution in [3.63, 3.8) is 0 Å². The molecule has 0 amide bonds. The van der Waals surface area contributed by atoms with Gasteiger partial charge in [0.15, 0.2) is 0 Å². The van der Waals surface area contributed by atoms with Gasteiger partial charge < -0.3 is 4.74 Å². The van der Waals surface area contributed by atoms with Crippen LogP contribution in [0.3, 0.4) is 0 Å². The highest BCUT2D eigenvalue weighted by Gasteiger charge is 2.13. The molecule has 126 valence electrons. The predicted molar refractivity (Wildman–Crippen MR) is 95.8 cm³/mol. The Balaban J connectivity index is 1.99. The molecule has 0 saturated heterocycles. The predicted octanol–water partition coefficient (Wildman–Crippen LogP) is 3.70. The summed E-state index contributed by atoms with van der Waals surface area (Å²) in [5.41, 5.74) is 2.55. The van der Waals surface area contributed by atoms with Crippen molar-refractivity contribution in [1.29, 1.82) is 0 Å². The second-order valence-corrected chi connectivity index (χ2v) is 7.04. The summed E-state index contributed by atoms with van der Waals surface area (Å²) < 4.78 is 20.0. The van der Waals surface area contributed by atoms with Gasteiger partial charge in [0.25, 0.3) is 0 Å². The third kappa shape index (κ3) is 3.48. The molecule has 0 fully saturated rings. The number of unbranched alkanes of at least 4 members (excludes halogenated alkanes) is 1. The molecule has 1 aromatic carbocycles. The van der Waals surface area contributed by atoms with Gasteiger partial charge in [0.1, 0.15) is 17.7 Å². The van der Waals surface area contributed by atoms with Crippen molar-refractivity contribution in [2.45, 2.75) is 31.6 Å². The molecule has 3 aromatic rings. The SMILES string of the molecule is CCCCS(=O)c1ccc(-c2cn3cnccc3n2)c(OCC)c1. The van der Waals surface area contributed by atoms with Crippen LogP contribution in [-0.2, 0) is 10.8 Å². The maximum atomic E-state index is 12.4. The van der Waals surface area contributed by atoms with Gasteiger partial charge in [-0.1, -0.05) is 13.3 Å². The lowest BCUT2D eigenvalue weighted by atomic mass is 10.1. The summed E-state index contributed by atoms with van der Waals surface area (Å²) in [6.45, 7) is 4.59. The van der Waals surface area contributed by atoms with Crippen LogP contribution in [0.2, 0.25) is 0 Å². The minimum atomic E-state index is -0.992. The first kappa shape index (κ1) is 16.6. The summed E-state index contributed by atoms with van der Waals surface area (Å²) in [5, 5.41) is 0. The molecule has 0 bridgehead atoms. The number of ether oxygens (including phenoxy) is 1. The first-order valence-electron chi connectivity index (χ1n) is 8.17. The molecule has 0 saturated carbocycles. The highest BCUT2D eigenvalue weighted by Crippen LogP contribution is 2.31. The lowest BCUT2D eigenvalue weighted by molar-refractivity contribution is 0.340. The molecule has 0 radical (unpaired) electrons. The maximum Gasteiger partial charge on any atom is 0.140 e. The number of fused-ring (bicyclic) bond motifs is 1. The number of hydrogen-bond acceptors (Lipinski definition) is 4. The lowest BCUT2D eigenvalue weighted by Crippen LogP contribution is -2.00. The topological polar surface area (TPSA) is 56.5 Å². The third-order valence-corrected chi connectivity index (χ3v) is 5.18. The van der Waals surface area contributed by atoms with Crippen molar-refractivity contribution in [2.24, 2.45) is 0 Å². The number of benzene rings is 1. The summed E-state index contributed by atoms with van der Waals surface area (Å²) in [6, 6.07) is 7.59. The van der Waals surface area contributed by atoms with Gasteiger partial charge in [-0.3, -0.25) is 8.61 Å². The fourth-order valence-corrected chi connectivity index (χ4v) is 3.74. The number of rotatable bonds is 7. The Morgan fingerprint density at radius 1 is 1.25 bits per heavy atom. The number of nitrogens with zero attached hydrogens (tertiary/aromatic N) is 3. The van der Waals surface area contributed by atoms with E-state index >= 15 is 0 Å². The second kappa shape index (κ2) is 7.57. The Labute approximate surface area is 144 Å². The first-order valence-corrected chi connectivity index (χ1v) is 9.49. The van der Waals surface area contributed by atoms with E-state index in [1.807, 2.05) is 41.8 Å². The van der Waals surface area contributed by atoms with Gasteiger partial charge in [-0.25, -0.2) is 9.97 Å². The summed E-state index contributed by atoms with van der Waals surface area (Å²) in [6.07, 6.45) is 7.36. The van der Waals surface area contributed by atoms with Gasteiger partial charge in [0, 0.05) is 28.6 Å². The van der Waals surface area contributed by atoms with Crippen LogP contribution < -0.4 is 4.74 Å². The lowest BCUT2D eigenvalue weighted by Gasteiger charge is -2.10. The van der Waals surface area contributed by atoms with Gasteiger partial charge in [-0.05, 0) is 37.6 Å². The minimum absolute atomic E-state index is 0.549. The van der Waals surface area contributed by atoms with E-state index in [-0.39, 0.29) is 0 Å². The van der Waals surface area contributed by atoms with Crippen LogP contribution in [0.4, 0.5) is 0 Å². The number of hydrogen-bond donors (Lipinski definition) is 0. The van der Waals surface area contributed by atoms with Gasteiger partial charge in [0.2, 0.25) is 0 Å². The van der Waals surface area contributed by atoms with E-state index in [9.17, 15) is 4.21 Å². The number of imidazole rings is 1. The summed E-state index contributed by atoms with van der Waals surface area (Å²) in [5.74, 6) is 1.40. The van der Waals surface area contributed by atoms with Crippen molar-refractivity contribution in [1.82, 2.24) is 14.4 Å². The Morgan fingerprint density at radius 2 is 2.12 bits per heavy atom. The molecular weight excluding hydrogens is 322 g/mol. The molecule has 0 aliphatic rings. The van der Waals surface area contributed by atoms with E-state index in [1.165, 1.54) is 0 Å². The molecule has 2 aromatic heterocycles. The Bertz CT molecular complexity index is 827. The molecule has 2 heterocycles. The van der Waals surface area contributed by atoms with E-state index in [1.54, 1.807) is 12.5 Å². The maximum absolute atomic E-state index is 12.4. The van der Waals surface area contributed by atoms with Crippen LogP contribution in [-0.4, -0.2) is 30.9 Å². The minimum Gasteiger partial charge on any atom is -0.493 e. The molecule has 0 aliphatic carbocycles. The number of aromatic nitrogens is 3. The zero-order chi connectivity index (χ0) is 16.9. The zero-order valence-electron chi connectivity index (χ0n) is 13.9. The van der Waals surface area contributed by atoms with Gasteiger partial charge in [-0.2, -0.15) is 0 Å². The molecule has 6 heteroatoms. The van der Waals surface area contributed by atoms with E-state index < -0.39 is 10.8 Å². The van der Waals surface area contributed by atoms with Crippen molar-refractivity contribution < 1.29 is 8.95 Å². The third-order valence-electron chi connectivity index (χ3n) is 3.74. The average molecular weight is 343 g/mol. The molecule has 0 spiro atoms. The van der Waals surface area contributed by atoms with E-state index in [0.29, 0.717) is 12.4 Å². The Morgan fingerprint density at radius 3 is 2.88 bits per heavy atom. The monoisotopic (exact) mass is 343 g/mol. The molecule has 1 unspecified atom stereocenters. The van der Waals surface area contributed by atoms with Gasteiger partial charge in [0.05, 0.1) is 23.1 Å². The second-order valence-electron chi connectivity index (χ2n) is 5.47. The normalized spacial score (nSPS) is 12.4. The quantitative estimate of drug-likeness (QED) is 0.656. The highest BCUT2D eigenvalue weighted by molar-refractivity contribution is 7.85. The van der Waals surface area contributed by atoms with E-state index in [4.69, 9.17) is 4.74 Å². The van der Waals surface area contributed by atoms with Gasteiger partial charge >= 0.3 is 0 Å². The van der Waals surface area contributed by atoms with Gasteiger partial charge in [-0.15, -0.1) is 0 Å². The molecule has 3 rings (SSSR count). The van der Waals surface area contributed by atoms with Crippen LogP contribution in [0.1, 0.15) is 26.7 Å². The van der Waals surface area contributed by atoms with Crippen LogP contribution in [0.25, 0.3) is 16.9 Å². The molecule has 24 heavy (non-hydrogen) atoms. The highest BCUT2D eigenvalue weighted by atomic mass is 32.2. The van der Waals surface area contributed by atoms with Crippen molar-refractivity contribution in [3.05, 3.63) is 43.0 Å². The van der Waals surface area contributed by atoms with Crippen LogP contribution in [0.15, 0.2) is 47.9 Å². The average Bonchev–Trinajstić information content (AvgIpc) is 3.03. The molecule has 0 N–H and O–H groups in total. The summed E-state index contributed by atoms with van der Waals surface area (Å²) in [4.78, 5) is 9.52. The molecule has 0 aliphatic heterocycles. The Kier molecular flexibility index (Phi) is 5.25. The van der Waals surface area contributed by atoms with E-state index in [2.05, 4.69) is 16.9 Å². The zero-order valence-corrected chi connectivity index (χ0v) is 14.8. The van der Waals surface area contributed by atoms with Crippen LogP contribution in [0.5, 0.6) is 5.75 Å².